The van der Waals surface area contributed by atoms with Crippen molar-refractivity contribution in [3.8, 4) is 0 Å². The van der Waals surface area contributed by atoms with E-state index in [9.17, 15) is 13.2 Å². The van der Waals surface area contributed by atoms with Gasteiger partial charge in [0.25, 0.3) is 0 Å². The second kappa shape index (κ2) is 4.69. The van der Waals surface area contributed by atoms with Crippen molar-refractivity contribution >= 4 is 16.0 Å². The minimum absolute atomic E-state index is 0.0551. The highest BCUT2D eigenvalue weighted by atomic mass is 32.2. The van der Waals surface area contributed by atoms with Gasteiger partial charge in [0, 0.05) is 0 Å². The van der Waals surface area contributed by atoms with Crippen molar-refractivity contribution < 1.29 is 17.9 Å². The SMILES string of the molecule is COC(=O)C(C)(C)NS(=O)(=O)c1c(C)n[nH]c1C. The number of carbonyl (C=O) groups excluding carboxylic acids is 1. The van der Waals surface area contributed by atoms with Gasteiger partial charge in [-0.05, 0) is 27.7 Å². The van der Waals surface area contributed by atoms with Crippen LogP contribution in [0.3, 0.4) is 0 Å². The first kappa shape index (κ1) is 14.7. The Morgan fingerprint density at radius 1 is 1.39 bits per heavy atom. The molecule has 0 atom stereocenters. The zero-order valence-electron chi connectivity index (χ0n) is 11.0. The number of hydrogen-bond donors (Lipinski definition) is 2. The molecule has 1 heterocycles. The number of methoxy groups -OCH3 is 1. The van der Waals surface area contributed by atoms with E-state index in [1.54, 1.807) is 13.8 Å². The van der Waals surface area contributed by atoms with Crippen LogP contribution in [0.4, 0.5) is 0 Å². The van der Waals surface area contributed by atoms with E-state index >= 15 is 0 Å². The van der Waals surface area contributed by atoms with Crippen molar-refractivity contribution in [3.63, 3.8) is 0 Å². The summed E-state index contributed by atoms with van der Waals surface area (Å²) in [6.45, 7) is 6.03. The second-order valence-corrected chi connectivity index (χ2v) is 6.10. The Morgan fingerprint density at radius 2 is 1.94 bits per heavy atom. The monoisotopic (exact) mass is 275 g/mol. The molecule has 0 unspecified atom stereocenters. The lowest BCUT2D eigenvalue weighted by atomic mass is 10.1. The molecule has 7 nitrogen and oxygen atoms in total. The van der Waals surface area contributed by atoms with Gasteiger partial charge in [0.1, 0.15) is 10.4 Å². The highest BCUT2D eigenvalue weighted by Crippen LogP contribution is 2.19. The molecule has 0 saturated carbocycles. The number of aromatic amines is 1. The molecule has 0 amide bonds. The summed E-state index contributed by atoms with van der Waals surface area (Å²) < 4.78 is 31.2. The van der Waals surface area contributed by atoms with E-state index in [0.717, 1.165) is 0 Å². The Bertz CT molecular complexity index is 540. The summed E-state index contributed by atoms with van der Waals surface area (Å²) in [4.78, 5) is 11.5. The van der Waals surface area contributed by atoms with Gasteiger partial charge in [-0.1, -0.05) is 0 Å². The van der Waals surface area contributed by atoms with Gasteiger partial charge < -0.3 is 4.74 Å². The van der Waals surface area contributed by atoms with Crippen LogP contribution in [0, 0.1) is 13.8 Å². The van der Waals surface area contributed by atoms with Crippen LogP contribution in [0.2, 0.25) is 0 Å². The fourth-order valence-corrected chi connectivity index (χ4v) is 3.36. The van der Waals surface area contributed by atoms with Crippen molar-refractivity contribution in [2.75, 3.05) is 7.11 Å². The second-order valence-electron chi connectivity index (χ2n) is 4.49. The summed E-state index contributed by atoms with van der Waals surface area (Å²) in [6, 6.07) is 0. The third-order valence-corrected chi connectivity index (χ3v) is 4.33. The number of ether oxygens (including phenoxy) is 1. The summed E-state index contributed by atoms with van der Waals surface area (Å²) in [6.07, 6.45) is 0. The predicted octanol–water partition coefficient (Wildman–Crippen LogP) is 0.256. The first-order valence-corrected chi connectivity index (χ1v) is 6.74. The molecule has 1 aromatic heterocycles. The fourth-order valence-electron chi connectivity index (χ4n) is 1.62. The minimum Gasteiger partial charge on any atom is -0.468 e. The molecule has 1 aromatic rings. The number of rotatable bonds is 4. The van der Waals surface area contributed by atoms with E-state index in [2.05, 4.69) is 19.7 Å². The third kappa shape index (κ3) is 2.70. The van der Waals surface area contributed by atoms with E-state index in [1.807, 2.05) is 0 Å². The molecule has 0 radical (unpaired) electrons. The van der Waals surface area contributed by atoms with Crippen LogP contribution in [0.15, 0.2) is 4.90 Å². The fraction of sp³-hybridized carbons (Fsp3) is 0.600. The Kier molecular flexibility index (Phi) is 3.82. The lowest BCUT2D eigenvalue weighted by Gasteiger charge is -2.22. The first-order chi connectivity index (χ1) is 8.12. The van der Waals surface area contributed by atoms with Crippen molar-refractivity contribution in [1.82, 2.24) is 14.9 Å². The number of esters is 1. The van der Waals surface area contributed by atoms with Gasteiger partial charge in [0.05, 0.1) is 18.5 Å². The van der Waals surface area contributed by atoms with Gasteiger partial charge in [-0.25, -0.2) is 8.42 Å². The molecule has 1 rings (SSSR count). The molecule has 0 aliphatic carbocycles. The largest absolute Gasteiger partial charge is 0.468 e. The first-order valence-electron chi connectivity index (χ1n) is 5.26. The molecule has 8 heteroatoms. The third-order valence-electron chi connectivity index (χ3n) is 2.41. The van der Waals surface area contributed by atoms with E-state index in [1.165, 1.54) is 21.0 Å². The average molecular weight is 275 g/mol. The normalized spacial score (nSPS) is 12.5. The van der Waals surface area contributed by atoms with Crippen molar-refractivity contribution in [2.24, 2.45) is 0 Å². The van der Waals surface area contributed by atoms with Gasteiger partial charge in [0.2, 0.25) is 10.0 Å². The number of H-pyrrole nitrogens is 1. The molecule has 18 heavy (non-hydrogen) atoms. The lowest BCUT2D eigenvalue weighted by Crippen LogP contribution is -2.50. The predicted molar refractivity (Wildman–Crippen MR) is 64.5 cm³/mol. The Labute approximate surface area is 106 Å². The molecule has 2 N–H and O–H groups in total. The van der Waals surface area contributed by atoms with E-state index in [0.29, 0.717) is 11.4 Å². The maximum Gasteiger partial charge on any atom is 0.326 e. The van der Waals surface area contributed by atoms with Gasteiger partial charge in [-0.15, -0.1) is 0 Å². The van der Waals surface area contributed by atoms with Gasteiger partial charge in [-0.2, -0.15) is 9.82 Å². The molecule has 0 aliphatic heterocycles. The number of carbonyl (C=O) groups is 1. The molecular formula is C10H17N3O4S. The number of sulfonamides is 1. The summed E-state index contributed by atoms with van der Waals surface area (Å²) >= 11 is 0. The molecule has 0 aromatic carbocycles. The standard InChI is InChI=1S/C10H17N3O4S/c1-6-8(7(2)12-11-6)18(15,16)13-10(3,4)9(14)17-5/h13H,1-5H3,(H,11,12). The smallest absolute Gasteiger partial charge is 0.326 e. The number of hydrogen-bond acceptors (Lipinski definition) is 5. The van der Waals surface area contributed by atoms with Crippen LogP contribution in [0.25, 0.3) is 0 Å². The molecule has 0 fully saturated rings. The summed E-state index contributed by atoms with van der Waals surface area (Å²) in [7, 11) is -2.63. The quantitative estimate of drug-likeness (QED) is 0.767. The highest BCUT2D eigenvalue weighted by Gasteiger charge is 2.36. The van der Waals surface area contributed by atoms with E-state index in [-0.39, 0.29) is 4.90 Å². The Hall–Kier alpha value is -1.41. The Morgan fingerprint density at radius 3 is 2.33 bits per heavy atom. The molecule has 0 bridgehead atoms. The minimum atomic E-state index is -3.84. The topological polar surface area (TPSA) is 101 Å². The van der Waals surface area contributed by atoms with Gasteiger partial charge in [0.15, 0.2) is 0 Å². The number of nitrogens with zero attached hydrogens (tertiary/aromatic N) is 1. The van der Waals surface area contributed by atoms with Crippen molar-refractivity contribution in [3.05, 3.63) is 11.4 Å². The van der Waals surface area contributed by atoms with Crippen molar-refractivity contribution in [1.29, 1.82) is 0 Å². The number of aryl methyl sites for hydroxylation is 2. The van der Waals surface area contributed by atoms with Crippen LogP contribution in [0.1, 0.15) is 25.2 Å². The lowest BCUT2D eigenvalue weighted by molar-refractivity contribution is -0.146. The van der Waals surface area contributed by atoms with Crippen molar-refractivity contribution in [2.45, 2.75) is 38.1 Å². The van der Waals surface area contributed by atoms with Crippen LogP contribution in [0.5, 0.6) is 0 Å². The average Bonchev–Trinajstić information content (AvgIpc) is 2.56. The zero-order chi connectivity index (χ0) is 14.1. The van der Waals surface area contributed by atoms with Crippen LogP contribution >= 0.6 is 0 Å². The summed E-state index contributed by atoms with van der Waals surface area (Å²) in [5, 5.41) is 6.40. The molecule has 0 saturated heterocycles. The Balaban J connectivity index is 3.15. The molecule has 102 valence electrons. The molecule has 0 aliphatic rings. The van der Waals surface area contributed by atoms with Gasteiger partial charge >= 0.3 is 5.97 Å². The maximum absolute atomic E-state index is 12.2. The molecular weight excluding hydrogens is 258 g/mol. The summed E-state index contributed by atoms with van der Waals surface area (Å²) in [5.74, 6) is -0.662. The highest BCUT2D eigenvalue weighted by molar-refractivity contribution is 7.89. The molecule has 0 spiro atoms. The number of aromatic nitrogens is 2. The summed E-state index contributed by atoms with van der Waals surface area (Å²) in [5.41, 5.74) is -0.578. The maximum atomic E-state index is 12.2. The zero-order valence-corrected chi connectivity index (χ0v) is 11.8. The number of nitrogens with one attached hydrogen (secondary N) is 2. The van der Waals surface area contributed by atoms with Crippen LogP contribution in [-0.4, -0.2) is 37.2 Å². The van der Waals surface area contributed by atoms with Crippen LogP contribution < -0.4 is 4.72 Å². The van der Waals surface area contributed by atoms with Gasteiger partial charge in [-0.3, -0.25) is 9.89 Å². The van der Waals surface area contributed by atoms with E-state index in [4.69, 9.17) is 0 Å². The van der Waals surface area contributed by atoms with E-state index < -0.39 is 21.5 Å². The van der Waals surface area contributed by atoms with Crippen LogP contribution in [-0.2, 0) is 19.6 Å².